The molecular weight excluding hydrogens is 396 g/mol. The fraction of sp³-hybridized carbons (Fsp3) is 0.176. The smallest absolute Gasteiger partial charge is 0.134 e. The van der Waals surface area contributed by atoms with Gasteiger partial charge in [-0.05, 0) is 68.3 Å². The summed E-state index contributed by atoms with van der Waals surface area (Å²) < 4.78 is 13.9. The van der Waals surface area contributed by atoms with Crippen molar-refractivity contribution in [3.8, 4) is 11.5 Å². The minimum absolute atomic E-state index is 0.0381. The lowest BCUT2D eigenvalue weighted by molar-refractivity contribution is 0.179. The lowest BCUT2D eigenvalue weighted by Gasteiger charge is -2.17. The molecule has 0 radical (unpaired) electrons. The molecule has 0 amide bonds. The van der Waals surface area contributed by atoms with E-state index in [9.17, 15) is 0 Å². The van der Waals surface area contributed by atoms with Gasteiger partial charge in [0.15, 0.2) is 0 Å². The molecule has 0 saturated carbocycles. The van der Waals surface area contributed by atoms with Crippen molar-refractivity contribution in [3.63, 3.8) is 0 Å². The Hall–Kier alpha value is -1.26. The number of hydrogen-bond donors (Lipinski definition) is 0. The first kappa shape index (κ1) is 14.7. The van der Waals surface area contributed by atoms with Crippen LogP contribution in [0.1, 0.15) is 6.42 Å². The molecule has 108 valence electrons. The summed E-state index contributed by atoms with van der Waals surface area (Å²) in [7, 11) is 0. The van der Waals surface area contributed by atoms with E-state index >= 15 is 0 Å². The molecule has 0 spiro atoms. The van der Waals surface area contributed by atoms with Crippen LogP contribution in [0.2, 0.25) is 0 Å². The highest BCUT2D eigenvalue weighted by molar-refractivity contribution is 9.10. The largest absolute Gasteiger partial charge is 0.485 e. The van der Waals surface area contributed by atoms with Crippen LogP contribution in [0.15, 0.2) is 69.6 Å². The Morgan fingerprint density at radius 3 is 1.57 bits per heavy atom. The SMILES string of the molecule is Brc1ccccc1OC1C=CC(Oc2ccccc2Br)C1. The van der Waals surface area contributed by atoms with E-state index in [1.165, 1.54) is 0 Å². The zero-order valence-electron chi connectivity index (χ0n) is 11.2. The summed E-state index contributed by atoms with van der Waals surface area (Å²) in [6.07, 6.45) is 5.00. The van der Waals surface area contributed by atoms with Crippen molar-refractivity contribution in [1.82, 2.24) is 0 Å². The van der Waals surface area contributed by atoms with Crippen LogP contribution in [0.4, 0.5) is 0 Å². The summed E-state index contributed by atoms with van der Waals surface area (Å²) in [4.78, 5) is 0. The van der Waals surface area contributed by atoms with E-state index in [1.807, 2.05) is 48.5 Å². The first-order valence-electron chi connectivity index (χ1n) is 6.73. The van der Waals surface area contributed by atoms with Gasteiger partial charge in [-0.15, -0.1) is 0 Å². The number of para-hydroxylation sites is 2. The van der Waals surface area contributed by atoms with Gasteiger partial charge in [-0.2, -0.15) is 0 Å². The van der Waals surface area contributed by atoms with Gasteiger partial charge < -0.3 is 9.47 Å². The first-order valence-corrected chi connectivity index (χ1v) is 8.31. The van der Waals surface area contributed by atoms with Gasteiger partial charge in [0.2, 0.25) is 0 Å². The topological polar surface area (TPSA) is 18.5 Å². The summed E-state index contributed by atoms with van der Waals surface area (Å²) in [6, 6.07) is 15.7. The lowest BCUT2D eigenvalue weighted by atomic mass is 10.2. The zero-order valence-corrected chi connectivity index (χ0v) is 14.4. The Morgan fingerprint density at radius 1 is 0.714 bits per heavy atom. The van der Waals surface area contributed by atoms with Crippen molar-refractivity contribution in [3.05, 3.63) is 69.6 Å². The van der Waals surface area contributed by atoms with Crippen LogP contribution in [0.5, 0.6) is 11.5 Å². The van der Waals surface area contributed by atoms with E-state index in [1.54, 1.807) is 0 Å². The first-order chi connectivity index (χ1) is 10.2. The molecule has 2 aromatic rings. The zero-order chi connectivity index (χ0) is 14.7. The molecule has 2 atom stereocenters. The molecule has 0 aliphatic heterocycles. The maximum Gasteiger partial charge on any atom is 0.134 e. The Kier molecular flexibility index (Phi) is 4.66. The Morgan fingerprint density at radius 2 is 1.14 bits per heavy atom. The minimum Gasteiger partial charge on any atom is -0.485 e. The molecule has 0 bridgehead atoms. The van der Waals surface area contributed by atoms with Crippen LogP contribution in [-0.4, -0.2) is 12.2 Å². The molecule has 0 fully saturated rings. The van der Waals surface area contributed by atoms with Crippen LogP contribution in [0.3, 0.4) is 0 Å². The fourth-order valence-electron chi connectivity index (χ4n) is 2.22. The van der Waals surface area contributed by atoms with E-state index in [-0.39, 0.29) is 12.2 Å². The molecule has 21 heavy (non-hydrogen) atoms. The number of halogens is 2. The summed E-state index contributed by atoms with van der Waals surface area (Å²) in [5.74, 6) is 1.71. The van der Waals surface area contributed by atoms with Crippen LogP contribution in [-0.2, 0) is 0 Å². The van der Waals surface area contributed by atoms with E-state index in [4.69, 9.17) is 9.47 Å². The van der Waals surface area contributed by atoms with Crippen molar-refractivity contribution in [2.45, 2.75) is 18.6 Å². The number of ether oxygens (including phenoxy) is 2. The van der Waals surface area contributed by atoms with Crippen LogP contribution >= 0.6 is 31.9 Å². The predicted octanol–water partition coefficient (Wildman–Crippen LogP) is 5.37. The van der Waals surface area contributed by atoms with Crippen molar-refractivity contribution in [1.29, 1.82) is 0 Å². The Bertz CT molecular complexity index is 599. The van der Waals surface area contributed by atoms with Gasteiger partial charge in [-0.1, -0.05) is 24.3 Å². The third-order valence-electron chi connectivity index (χ3n) is 3.24. The molecule has 0 saturated heterocycles. The van der Waals surface area contributed by atoms with Gasteiger partial charge in [0.25, 0.3) is 0 Å². The van der Waals surface area contributed by atoms with Gasteiger partial charge in [-0.25, -0.2) is 0 Å². The van der Waals surface area contributed by atoms with E-state index < -0.39 is 0 Å². The number of rotatable bonds is 4. The second-order valence-corrected chi connectivity index (χ2v) is 6.50. The van der Waals surface area contributed by atoms with Gasteiger partial charge in [0.1, 0.15) is 23.7 Å². The fourth-order valence-corrected chi connectivity index (χ4v) is 2.97. The molecule has 1 aliphatic carbocycles. The highest BCUT2D eigenvalue weighted by atomic mass is 79.9. The highest BCUT2D eigenvalue weighted by Gasteiger charge is 2.22. The monoisotopic (exact) mass is 408 g/mol. The predicted molar refractivity (Wildman–Crippen MR) is 90.9 cm³/mol. The van der Waals surface area contributed by atoms with Gasteiger partial charge in [0.05, 0.1) is 8.95 Å². The summed E-state index contributed by atoms with van der Waals surface area (Å²) in [6.45, 7) is 0. The second-order valence-electron chi connectivity index (χ2n) is 4.79. The van der Waals surface area contributed by atoms with Crippen LogP contribution in [0, 0.1) is 0 Å². The molecule has 2 nitrogen and oxygen atoms in total. The average molecular weight is 410 g/mol. The van der Waals surface area contributed by atoms with Crippen LogP contribution < -0.4 is 9.47 Å². The van der Waals surface area contributed by atoms with E-state index in [0.717, 1.165) is 26.9 Å². The molecule has 0 heterocycles. The molecular formula is C17H14Br2O2. The third-order valence-corrected chi connectivity index (χ3v) is 4.55. The molecule has 2 aromatic carbocycles. The quantitative estimate of drug-likeness (QED) is 0.632. The third kappa shape index (κ3) is 3.69. The van der Waals surface area contributed by atoms with E-state index in [2.05, 4.69) is 44.0 Å². The maximum absolute atomic E-state index is 5.98. The molecule has 2 unspecified atom stereocenters. The van der Waals surface area contributed by atoms with Gasteiger partial charge >= 0.3 is 0 Å². The summed E-state index contributed by atoms with van der Waals surface area (Å²) >= 11 is 6.99. The number of hydrogen-bond acceptors (Lipinski definition) is 2. The molecule has 0 N–H and O–H groups in total. The normalized spacial score (nSPS) is 20.5. The number of benzene rings is 2. The van der Waals surface area contributed by atoms with Crippen molar-refractivity contribution >= 4 is 31.9 Å². The van der Waals surface area contributed by atoms with Crippen molar-refractivity contribution < 1.29 is 9.47 Å². The summed E-state index contributed by atoms with van der Waals surface area (Å²) in [5.41, 5.74) is 0. The van der Waals surface area contributed by atoms with Crippen molar-refractivity contribution in [2.75, 3.05) is 0 Å². The average Bonchev–Trinajstić information content (AvgIpc) is 2.91. The molecule has 4 heteroatoms. The highest BCUT2D eigenvalue weighted by Crippen LogP contribution is 2.30. The maximum atomic E-state index is 5.98. The molecule has 3 rings (SSSR count). The molecule has 1 aliphatic rings. The Labute approximate surface area is 141 Å². The van der Waals surface area contributed by atoms with Crippen LogP contribution in [0.25, 0.3) is 0 Å². The summed E-state index contributed by atoms with van der Waals surface area (Å²) in [5, 5.41) is 0. The Balaban J connectivity index is 1.61. The standard InChI is InChI=1S/C17H14Br2O2/c18-14-5-1-3-7-16(14)20-12-9-10-13(11-12)21-17-8-4-2-6-15(17)19/h1-10,12-13H,11H2. The second kappa shape index (κ2) is 6.67. The van der Waals surface area contributed by atoms with Gasteiger partial charge in [-0.3, -0.25) is 0 Å². The lowest BCUT2D eigenvalue weighted by Crippen LogP contribution is -2.18. The minimum atomic E-state index is 0.0381. The van der Waals surface area contributed by atoms with Gasteiger partial charge in [0, 0.05) is 6.42 Å². The van der Waals surface area contributed by atoms with E-state index in [0.29, 0.717) is 0 Å². The van der Waals surface area contributed by atoms with Crippen molar-refractivity contribution in [2.24, 2.45) is 0 Å². The molecule has 0 aromatic heterocycles.